The number of amides is 3. The summed E-state index contributed by atoms with van der Waals surface area (Å²) in [6.07, 6.45) is 0. The minimum Gasteiger partial charge on any atom is -0.382 e. The van der Waals surface area contributed by atoms with Crippen LogP contribution in [0.5, 0.6) is 0 Å². The molecule has 0 fully saturated rings. The van der Waals surface area contributed by atoms with Crippen molar-refractivity contribution >= 4 is 29.5 Å². The highest BCUT2D eigenvalue weighted by Gasteiger charge is 2.18. The molecule has 0 atom stereocenters. The zero-order valence-electron chi connectivity index (χ0n) is 11.3. The number of hydrogen-bond acceptors (Lipinski definition) is 7. The molecule has 0 spiro atoms. The van der Waals surface area contributed by atoms with Crippen molar-refractivity contribution in [3.05, 3.63) is 11.6 Å². The van der Waals surface area contributed by atoms with Gasteiger partial charge in [0.1, 0.15) is 0 Å². The molecule has 0 bridgehead atoms. The highest BCUT2D eigenvalue weighted by Crippen LogP contribution is 2.10. The third-order valence-electron chi connectivity index (χ3n) is 2.02. The summed E-state index contributed by atoms with van der Waals surface area (Å²) in [6.45, 7) is 3.43. The normalized spacial score (nSPS) is 10.1. The van der Waals surface area contributed by atoms with Gasteiger partial charge in [0, 0.05) is 6.04 Å². The van der Waals surface area contributed by atoms with Crippen molar-refractivity contribution in [2.24, 2.45) is 0 Å². The Kier molecular flexibility index (Phi) is 4.94. The van der Waals surface area contributed by atoms with Crippen LogP contribution in [0.4, 0.5) is 20.8 Å². The van der Waals surface area contributed by atoms with Gasteiger partial charge in [0.2, 0.25) is 5.96 Å². The Labute approximate surface area is 119 Å². The van der Waals surface area contributed by atoms with Gasteiger partial charge in [0.05, 0.1) is 0 Å². The van der Waals surface area contributed by atoms with Gasteiger partial charge in [-0.3, -0.25) is 20.8 Å². The molecule has 0 aromatic carbocycles. The maximum atomic E-state index is 13.1. The van der Waals surface area contributed by atoms with Crippen LogP contribution in [0.3, 0.4) is 0 Å². The number of guanidine groups is 1. The molecule has 114 valence electrons. The van der Waals surface area contributed by atoms with Gasteiger partial charge in [-0.1, -0.05) is 0 Å². The first kappa shape index (κ1) is 16.1. The number of nitrogens with two attached hydrogens (primary N) is 2. The number of halogens is 1. The Bertz CT molecular complexity index is 589. The second-order valence-corrected chi connectivity index (χ2v) is 4.22. The fourth-order valence-corrected chi connectivity index (χ4v) is 1.22. The number of nitrogens with one attached hydrogen (secondary N) is 4. The number of aromatic nitrogens is 2. The summed E-state index contributed by atoms with van der Waals surface area (Å²) >= 11 is 0. The zero-order chi connectivity index (χ0) is 16.2. The van der Waals surface area contributed by atoms with E-state index in [2.05, 4.69) is 20.6 Å². The standard InChI is InChI=1S/C10H15FN8O2/c1-3(2)15-10(21)19-9(14)18-8(20)4-6(12)17-7(13)5(11)16-4/h3H,1-2H3,(H4,12,13,17)(H4,14,15,18,19,20,21). The molecule has 1 rings (SSSR count). The number of rotatable bonds is 2. The Morgan fingerprint density at radius 3 is 2.38 bits per heavy atom. The molecule has 1 heterocycles. The van der Waals surface area contributed by atoms with E-state index in [0.717, 1.165) is 0 Å². The van der Waals surface area contributed by atoms with E-state index in [4.69, 9.17) is 16.9 Å². The molecule has 0 unspecified atom stereocenters. The van der Waals surface area contributed by atoms with Crippen molar-refractivity contribution in [2.45, 2.75) is 19.9 Å². The van der Waals surface area contributed by atoms with Crippen LogP contribution in [0, 0.1) is 11.4 Å². The summed E-state index contributed by atoms with van der Waals surface area (Å²) < 4.78 is 13.1. The highest BCUT2D eigenvalue weighted by atomic mass is 19.1. The van der Waals surface area contributed by atoms with Gasteiger partial charge >= 0.3 is 6.03 Å². The van der Waals surface area contributed by atoms with Crippen LogP contribution in [0.25, 0.3) is 0 Å². The van der Waals surface area contributed by atoms with Crippen molar-refractivity contribution in [1.29, 1.82) is 5.41 Å². The maximum Gasteiger partial charge on any atom is 0.321 e. The molecular weight excluding hydrogens is 283 g/mol. The second kappa shape index (κ2) is 6.45. The minimum absolute atomic E-state index is 0.152. The maximum absolute atomic E-state index is 13.1. The number of nitrogen functional groups attached to an aromatic ring is 2. The van der Waals surface area contributed by atoms with E-state index in [0.29, 0.717) is 0 Å². The predicted molar refractivity (Wildman–Crippen MR) is 72.8 cm³/mol. The Morgan fingerprint density at radius 1 is 1.19 bits per heavy atom. The van der Waals surface area contributed by atoms with Gasteiger partial charge in [-0.05, 0) is 13.8 Å². The van der Waals surface area contributed by atoms with E-state index in [9.17, 15) is 14.0 Å². The molecule has 8 N–H and O–H groups in total. The van der Waals surface area contributed by atoms with Gasteiger partial charge in [-0.25, -0.2) is 14.8 Å². The van der Waals surface area contributed by atoms with Crippen molar-refractivity contribution < 1.29 is 14.0 Å². The summed E-state index contributed by atoms with van der Waals surface area (Å²) in [6, 6.07) is -0.834. The zero-order valence-corrected chi connectivity index (χ0v) is 11.3. The van der Waals surface area contributed by atoms with Crippen LogP contribution in [0.15, 0.2) is 0 Å². The quantitative estimate of drug-likeness (QED) is 0.306. The van der Waals surface area contributed by atoms with Crippen LogP contribution in [-0.4, -0.2) is 33.9 Å². The third kappa shape index (κ3) is 4.56. The molecule has 1 aromatic heterocycles. The highest BCUT2D eigenvalue weighted by molar-refractivity contribution is 6.09. The molecule has 0 saturated carbocycles. The van der Waals surface area contributed by atoms with Crippen molar-refractivity contribution in [3.8, 4) is 0 Å². The molecule has 10 nitrogen and oxygen atoms in total. The smallest absolute Gasteiger partial charge is 0.321 e. The van der Waals surface area contributed by atoms with Crippen LogP contribution in [0.2, 0.25) is 0 Å². The Hall–Kier alpha value is -2.98. The number of hydrogen-bond donors (Lipinski definition) is 6. The van der Waals surface area contributed by atoms with Gasteiger partial charge in [-0.2, -0.15) is 4.39 Å². The molecule has 21 heavy (non-hydrogen) atoms. The monoisotopic (exact) mass is 298 g/mol. The first-order valence-electron chi connectivity index (χ1n) is 5.76. The average Bonchev–Trinajstić information content (AvgIpc) is 2.31. The Morgan fingerprint density at radius 2 is 1.81 bits per heavy atom. The van der Waals surface area contributed by atoms with Gasteiger partial charge < -0.3 is 16.8 Å². The number of carbonyl (C=O) groups excluding carboxylic acids is 2. The number of urea groups is 1. The first-order chi connectivity index (χ1) is 9.70. The fourth-order valence-electron chi connectivity index (χ4n) is 1.22. The molecule has 0 aliphatic carbocycles. The molecule has 1 aromatic rings. The van der Waals surface area contributed by atoms with E-state index in [1.165, 1.54) is 0 Å². The molecule has 0 radical (unpaired) electrons. The lowest BCUT2D eigenvalue weighted by Crippen LogP contribution is -2.48. The number of nitrogens with zero attached hydrogens (tertiary/aromatic N) is 2. The second-order valence-electron chi connectivity index (χ2n) is 4.22. The lowest BCUT2D eigenvalue weighted by atomic mass is 10.4. The van der Waals surface area contributed by atoms with Crippen molar-refractivity contribution in [3.63, 3.8) is 0 Å². The summed E-state index contributed by atoms with van der Waals surface area (Å²) in [4.78, 5) is 29.7. The lowest BCUT2D eigenvalue weighted by Gasteiger charge is -2.11. The molecule has 11 heteroatoms. The predicted octanol–water partition coefficient (Wildman–Crippen LogP) is -0.848. The largest absolute Gasteiger partial charge is 0.382 e. The molecule has 3 amide bonds. The summed E-state index contributed by atoms with van der Waals surface area (Å²) in [5.74, 6) is -3.74. The van der Waals surface area contributed by atoms with Crippen LogP contribution in [-0.2, 0) is 0 Å². The Balaban J connectivity index is 2.71. The van der Waals surface area contributed by atoms with Crippen molar-refractivity contribution in [1.82, 2.24) is 25.9 Å². The van der Waals surface area contributed by atoms with Gasteiger partial charge in [0.15, 0.2) is 17.3 Å². The SMILES string of the molecule is CC(C)NC(=O)NC(=N)NC(=O)c1nc(F)c(N)nc1N. The summed E-state index contributed by atoms with van der Waals surface area (Å²) in [7, 11) is 0. The summed E-state index contributed by atoms with van der Waals surface area (Å²) in [5.41, 5.74) is 9.97. The van der Waals surface area contributed by atoms with E-state index in [1.807, 2.05) is 5.32 Å². The number of carbonyl (C=O) groups is 2. The molecule has 0 aliphatic heterocycles. The van der Waals surface area contributed by atoms with E-state index < -0.39 is 41.2 Å². The van der Waals surface area contributed by atoms with Crippen LogP contribution < -0.4 is 27.4 Å². The van der Waals surface area contributed by atoms with Crippen LogP contribution >= 0.6 is 0 Å². The molecule has 0 aliphatic rings. The van der Waals surface area contributed by atoms with Crippen molar-refractivity contribution in [2.75, 3.05) is 11.5 Å². The minimum atomic E-state index is -1.16. The molecule has 0 saturated heterocycles. The van der Waals surface area contributed by atoms with Gasteiger partial charge in [0.25, 0.3) is 11.9 Å². The van der Waals surface area contributed by atoms with Crippen LogP contribution in [0.1, 0.15) is 24.3 Å². The topological polar surface area (TPSA) is 172 Å². The fraction of sp³-hybridized carbons (Fsp3) is 0.300. The first-order valence-corrected chi connectivity index (χ1v) is 5.76. The summed E-state index contributed by atoms with van der Waals surface area (Å²) in [5, 5.41) is 13.9. The lowest BCUT2D eigenvalue weighted by molar-refractivity contribution is 0.0970. The van der Waals surface area contributed by atoms with Gasteiger partial charge in [-0.15, -0.1) is 0 Å². The molecular formula is C10H15FN8O2. The third-order valence-corrected chi connectivity index (χ3v) is 2.02. The van der Waals surface area contributed by atoms with E-state index in [-0.39, 0.29) is 6.04 Å². The van der Waals surface area contributed by atoms with E-state index >= 15 is 0 Å². The number of anilines is 2. The average molecular weight is 298 g/mol. The van der Waals surface area contributed by atoms with E-state index in [1.54, 1.807) is 13.8 Å².